The third-order valence-electron chi connectivity index (χ3n) is 4.32. The summed E-state index contributed by atoms with van der Waals surface area (Å²) in [5, 5.41) is 4.75. The van der Waals surface area contributed by atoms with Crippen LogP contribution in [0.25, 0.3) is 0 Å². The van der Waals surface area contributed by atoms with Crippen molar-refractivity contribution in [2.45, 2.75) is 30.6 Å². The molecule has 1 aliphatic heterocycles. The van der Waals surface area contributed by atoms with Crippen LogP contribution in [0.4, 0.5) is 0 Å². The summed E-state index contributed by atoms with van der Waals surface area (Å²) in [5.74, 6) is -0.0701. The van der Waals surface area contributed by atoms with Crippen molar-refractivity contribution in [3.63, 3.8) is 0 Å². The van der Waals surface area contributed by atoms with Crippen LogP contribution in [0.15, 0.2) is 46.7 Å². The summed E-state index contributed by atoms with van der Waals surface area (Å²) in [4.78, 5) is 12.9. The van der Waals surface area contributed by atoms with Crippen molar-refractivity contribution in [1.29, 1.82) is 0 Å². The molecule has 1 aliphatic rings. The van der Waals surface area contributed by atoms with Crippen LogP contribution in [-0.4, -0.2) is 38.3 Å². The number of nitrogens with one attached hydrogen (secondary N) is 1. The van der Waals surface area contributed by atoms with Crippen LogP contribution < -0.4 is 5.32 Å². The molecule has 1 N–H and O–H groups in total. The van der Waals surface area contributed by atoms with E-state index in [9.17, 15) is 13.2 Å². The van der Waals surface area contributed by atoms with Crippen LogP contribution in [-0.2, 0) is 16.4 Å². The van der Waals surface area contributed by atoms with Crippen LogP contribution in [0.2, 0.25) is 0 Å². The van der Waals surface area contributed by atoms with Crippen LogP contribution in [0.3, 0.4) is 0 Å². The number of rotatable bonds is 6. The highest BCUT2D eigenvalue weighted by atomic mass is 32.2. The maximum atomic E-state index is 12.6. The van der Waals surface area contributed by atoms with Crippen molar-refractivity contribution in [3.8, 4) is 0 Å². The van der Waals surface area contributed by atoms with Crippen LogP contribution in [0.5, 0.6) is 0 Å². The van der Waals surface area contributed by atoms with E-state index in [1.165, 1.54) is 11.3 Å². The Morgan fingerprint density at radius 3 is 2.44 bits per heavy atom. The summed E-state index contributed by atoms with van der Waals surface area (Å²) >= 11 is 1.41. The molecule has 25 heavy (non-hydrogen) atoms. The summed E-state index contributed by atoms with van der Waals surface area (Å²) in [5.41, 5.74) is 1.00. The van der Waals surface area contributed by atoms with Gasteiger partial charge in [-0.05, 0) is 48.4 Å². The first-order valence-electron chi connectivity index (χ1n) is 8.48. The Hall–Kier alpha value is -1.70. The molecular weight excluding hydrogens is 356 g/mol. The van der Waals surface area contributed by atoms with Gasteiger partial charge in [0, 0.05) is 19.6 Å². The van der Waals surface area contributed by atoms with Gasteiger partial charge in [0.1, 0.15) is 0 Å². The Morgan fingerprint density at radius 1 is 1.08 bits per heavy atom. The van der Waals surface area contributed by atoms with Gasteiger partial charge in [-0.2, -0.15) is 4.31 Å². The molecule has 1 fully saturated rings. The topological polar surface area (TPSA) is 66.5 Å². The summed E-state index contributed by atoms with van der Waals surface area (Å²) in [6.07, 6.45) is 3.63. The van der Waals surface area contributed by atoms with Gasteiger partial charge in [0.05, 0.1) is 9.77 Å². The normalized spacial score (nSPS) is 15.8. The van der Waals surface area contributed by atoms with E-state index in [1.54, 1.807) is 22.5 Å². The molecule has 7 heteroatoms. The fraction of sp³-hybridized carbons (Fsp3) is 0.389. The smallest absolute Gasteiger partial charge is 0.261 e. The number of piperidine rings is 1. The molecule has 0 atom stereocenters. The number of hydrogen-bond donors (Lipinski definition) is 1. The van der Waals surface area contributed by atoms with Gasteiger partial charge < -0.3 is 5.32 Å². The van der Waals surface area contributed by atoms with Crippen LogP contribution in [0, 0.1) is 0 Å². The Labute approximate surface area is 152 Å². The van der Waals surface area contributed by atoms with Gasteiger partial charge in [0.25, 0.3) is 5.91 Å². The largest absolute Gasteiger partial charge is 0.351 e. The van der Waals surface area contributed by atoms with Gasteiger partial charge in [-0.1, -0.05) is 24.6 Å². The monoisotopic (exact) mass is 378 g/mol. The number of amides is 1. The first-order chi connectivity index (χ1) is 12.1. The van der Waals surface area contributed by atoms with Gasteiger partial charge in [-0.15, -0.1) is 11.3 Å². The molecule has 1 aromatic heterocycles. The highest BCUT2D eigenvalue weighted by molar-refractivity contribution is 7.89. The zero-order valence-electron chi connectivity index (χ0n) is 14.0. The van der Waals surface area contributed by atoms with E-state index in [2.05, 4.69) is 5.32 Å². The van der Waals surface area contributed by atoms with E-state index >= 15 is 0 Å². The molecule has 1 aromatic carbocycles. The van der Waals surface area contributed by atoms with Crippen molar-refractivity contribution in [1.82, 2.24) is 9.62 Å². The molecule has 5 nitrogen and oxygen atoms in total. The van der Waals surface area contributed by atoms with Crippen molar-refractivity contribution in [2.24, 2.45) is 0 Å². The lowest BCUT2D eigenvalue weighted by molar-refractivity contribution is 0.0958. The molecule has 3 rings (SSSR count). The molecule has 2 heterocycles. The number of nitrogens with zero attached hydrogens (tertiary/aromatic N) is 1. The summed E-state index contributed by atoms with van der Waals surface area (Å²) < 4.78 is 26.8. The predicted molar refractivity (Wildman–Crippen MR) is 99.4 cm³/mol. The summed E-state index contributed by atoms with van der Waals surface area (Å²) in [6.45, 7) is 1.74. The van der Waals surface area contributed by atoms with Gasteiger partial charge in [-0.3, -0.25) is 4.79 Å². The molecule has 2 aromatic rings. The second-order valence-electron chi connectivity index (χ2n) is 6.09. The number of benzene rings is 1. The number of carbonyl (C=O) groups is 1. The lowest BCUT2D eigenvalue weighted by atomic mass is 10.1. The number of thiophene rings is 1. The third kappa shape index (κ3) is 4.48. The van der Waals surface area contributed by atoms with Crippen molar-refractivity contribution in [3.05, 3.63) is 52.2 Å². The highest BCUT2D eigenvalue weighted by Crippen LogP contribution is 2.21. The number of sulfonamides is 1. The van der Waals surface area contributed by atoms with Gasteiger partial charge in [0.2, 0.25) is 10.0 Å². The summed E-state index contributed by atoms with van der Waals surface area (Å²) in [6, 6.07) is 10.6. The van der Waals surface area contributed by atoms with E-state index in [0.717, 1.165) is 24.8 Å². The van der Waals surface area contributed by atoms with Crippen molar-refractivity contribution in [2.75, 3.05) is 19.6 Å². The third-order valence-corrected chi connectivity index (χ3v) is 7.10. The lowest BCUT2D eigenvalue weighted by Gasteiger charge is -2.25. The minimum atomic E-state index is -3.38. The minimum absolute atomic E-state index is 0.0701. The lowest BCUT2D eigenvalue weighted by Crippen LogP contribution is -2.35. The number of hydrogen-bond acceptors (Lipinski definition) is 4. The Morgan fingerprint density at radius 2 is 1.80 bits per heavy atom. The molecule has 1 saturated heterocycles. The SMILES string of the molecule is O=C(NCCc1ccc(S(=O)(=O)N2CCCCC2)cc1)c1cccs1. The Balaban J connectivity index is 1.56. The van der Waals surface area contributed by atoms with E-state index in [-0.39, 0.29) is 5.91 Å². The molecule has 134 valence electrons. The molecule has 0 spiro atoms. The van der Waals surface area contributed by atoms with Gasteiger partial charge in [-0.25, -0.2) is 8.42 Å². The average Bonchev–Trinajstić information content (AvgIpc) is 3.18. The number of carbonyl (C=O) groups excluding carboxylic acids is 1. The van der Waals surface area contributed by atoms with E-state index in [0.29, 0.717) is 35.8 Å². The first-order valence-corrected chi connectivity index (χ1v) is 10.8. The molecular formula is C18H22N2O3S2. The molecule has 0 unspecified atom stereocenters. The highest BCUT2D eigenvalue weighted by Gasteiger charge is 2.25. The standard InChI is InChI=1S/C18H22N2O3S2/c21-18(17-5-4-14-24-17)19-11-10-15-6-8-16(9-7-15)25(22,23)20-12-2-1-3-13-20/h4-9,14H,1-3,10-13H2,(H,19,21). The predicted octanol–water partition coefficient (Wildman–Crippen LogP) is 2.90. The van der Waals surface area contributed by atoms with Crippen molar-refractivity contribution < 1.29 is 13.2 Å². The Kier molecular flexibility index (Phi) is 5.88. The quantitative estimate of drug-likeness (QED) is 0.840. The fourth-order valence-corrected chi connectivity index (χ4v) is 5.05. The molecule has 0 radical (unpaired) electrons. The van der Waals surface area contributed by atoms with E-state index in [1.807, 2.05) is 23.6 Å². The van der Waals surface area contributed by atoms with Crippen LogP contribution in [0.1, 0.15) is 34.5 Å². The zero-order chi connectivity index (χ0) is 17.7. The first kappa shape index (κ1) is 18.1. The molecule has 0 bridgehead atoms. The Bertz CT molecular complexity index is 793. The second kappa shape index (κ2) is 8.12. The molecule has 1 amide bonds. The second-order valence-corrected chi connectivity index (χ2v) is 8.98. The van der Waals surface area contributed by atoms with Gasteiger partial charge in [0.15, 0.2) is 0 Å². The summed E-state index contributed by atoms with van der Waals surface area (Å²) in [7, 11) is -3.38. The van der Waals surface area contributed by atoms with Gasteiger partial charge >= 0.3 is 0 Å². The maximum Gasteiger partial charge on any atom is 0.261 e. The van der Waals surface area contributed by atoms with Crippen molar-refractivity contribution >= 4 is 27.3 Å². The maximum absolute atomic E-state index is 12.6. The zero-order valence-corrected chi connectivity index (χ0v) is 15.6. The minimum Gasteiger partial charge on any atom is -0.351 e. The fourth-order valence-electron chi connectivity index (χ4n) is 2.90. The van der Waals surface area contributed by atoms with Crippen LogP contribution >= 0.6 is 11.3 Å². The molecule has 0 aliphatic carbocycles. The van der Waals surface area contributed by atoms with E-state index in [4.69, 9.17) is 0 Å². The molecule has 0 saturated carbocycles. The average molecular weight is 379 g/mol. The van der Waals surface area contributed by atoms with E-state index < -0.39 is 10.0 Å².